The van der Waals surface area contributed by atoms with Crippen molar-refractivity contribution in [2.75, 3.05) is 28.3 Å². The number of rotatable bonds is 8. The molecule has 0 aliphatic heterocycles. The second kappa shape index (κ2) is 12.4. The largest absolute Gasteiger partial charge is 0.511 e. The van der Waals surface area contributed by atoms with Gasteiger partial charge in [-0.15, -0.1) is 0 Å². The summed E-state index contributed by atoms with van der Waals surface area (Å²) in [6, 6.07) is 18.6. The fraction of sp³-hybridized carbons (Fsp3) is 0.324. The molecule has 0 heterocycles. The van der Waals surface area contributed by atoms with Crippen LogP contribution >= 0.6 is 0 Å². The molecule has 0 aromatic heterocycles. The van der Waals surface area contributed by atoms with Gasteiger partial charge < -0.3 is 25.8 Å². The molecule has 3 aromatic carbocycles. The molecule has 1 amide bonds. The molecule has 3 aliphatic rings. The highest BCUT2D eigenvalue weighted by Crippen LogP contribution is 2.52. The van der Waals surface area contributed by atoms with Gasteiger partial charge in [0.1, 0.15) is 28.6 Å². The number of ether oxygens (including phenoxy) is 1. The predicted octanol–water partition coefficient (Wildman–Crippen LogP) is 4.31. The van der Waals surface area contributed by atoms with E-state index in [9.17, 15) is 29.7 Å². The average molecular weight is 638 g/mol. The topological polar surface area (TPSA) is 154 Å². The molecule has 0 spiro atoms. The number of aromatic hydroxyl groups is 1. The molecular formula is C37H39N3O7. The van der Waals surface area contributed by atoms with Crippen LogP contribution in [0.5, 0.6) is 11.5 Å². The number of likely N-dealkylation sites (N-methyl/N-ethyl adjacent to an activating group) is 1. The minimum absolute atomic E-state index is 0.0468. The third-order valence-corrected chi connectivity index (χ3v) is 9.75. The number of fused-ring (bicyclic) bond motifs is 3. The fourth-order valence-electron chi connectivity index (χ4n) is 7.85. The standard InChI is InChI=1S/C37H39N3O7/c1-39(2)32-25-16-21-15-24-22(23-14-20(10-13-27(23)47-4)18-40(3)17-19-8-6-5-7-9-19)11-12-26(41)29(24)33(42)28(21)34(43)30(25)35(44)31(36(32)45)37(38)46/h5-14,21,25,30,32,41,43,45H,15-18H2,1-4H3,(H2,38,46). The summed E-state index contributed by atoms with van der Waals surface area (Å²) < 4.78 is 5.77. The molecule has 0 saturated heterocycles. The number of phenols is 1. The molecule has 0 saturated carbocycles. The van der Waals surface area contributed by atoms with E-state index in [1.807, 2.05) is 43.4 Å². The summed E-state index contributed by atoms with van der Waals surface area (Å²) in [4.78, 5) is 43.8. The van der Waals surface area contributed by atoms with Gasteiger partial charge in [-0.25, -0.2) is 0 Å². The number of phenolic OH excluding ortho intramolecular Hbond substituents is 1. The zero-order chi connectivity index (χ0) is 33.7. The van der Waals surface area contributed by atoms with Gasteiger partial charge in [0.15, 0.2) is 11.6 Å². The van der Waals surface area contributed by atoms with Gasteiger partial charge in [-0.2, -0.15) is 0 Å². The van der Waals surface area contributed by atoms with Crippen molar-refractivity contribution in [2.45, 2.75) is 32.0 Å². The number of aliphatic hydroxyl groups excluding tert-OH is 2. The van der Waals surface area contributed by atoms with Gasteiger partial charge in [0.25, 0.3) is 5.91 Å². The molecular weight excluding hydrogens is 598 g/mol. The van der Waals surface area contributed by atoms with Crippen LogP contribution in [0.25, 0.3) is 11.1 Å². The highest BCUT2D eigenvalue weighted by atomic mass is 16.5. The number of aliphatic hydroxyl groups is 2. The van der Waals surface area contributed by atoms with Crippen molar-refractivity contribution >= 4 is 17.5 Å². The lowest BCUT2D eigenvalue weighted by Crippen LogP contribution is -2.53. The van der Waals surface area contributed by atoms with Gasteiger partial charge in [0.2, 0.25) is 0 Å². The van der Waals surface area contributed by atoms with Crippen LogP contribution < -0.4 is 10.5 Å². The van der Waals surface area contributed by atoms with Crippen molar-refractivity contribution in [1.29, 1.82) is 0 Å². The van der Waals surface area contributed by atoms with E-state index < -0.39 is 58.4 Å². The zero-order valence-electron chi connectivity index (χ0n) is 26.9. The first-order valence-electron chi connectivity index (χ1n) is 15.6. The Morgan fingerprint density at radius 1 is 0.915 bits per heavy atom. The molecule has 3 aromatic rings. The number of amides is 1. The van der Waals surface area contributed by atoms with Crippen molar-refractivity contribution in [3.8, 4) is 22.6 Å². The number of benzene rings is 3. The van der Waals surface area contributed by atoms with Crippen LogP contribution in [0.15, 0.2) is 83.3 Å². The van der Waals surface area contributed by atoms with Crippen LogP contribution in [0.1, 0.15) is 33.5 Å². The molecule has 0 radical (unpaired) electrons. The molecule has 47 heavy (non-hydrogen) atoms. The quantitative estimate of drug-likeness (QED) is 0.265. The molecule has 4 unspecified atom stereocenters. The Morgan fingerprint density at radius 3 is 2.28 bits per heavy atom. The smallest absolute Gasteiger partial charge is 0.255 e. The van der Waals surface area contributed by atoms with Crippen LogP contribution in [-0.4, -0.2) is 76.9 Å². The van der Waals surface area contributed by atoms with Crippen LogP contribution in [0, 0.1) is 17.8 Å². The number of carbonyl (C=O) groups excluding carboxylic acids is 3. The summed E-state index contributed by atoms with van der Waals surface area (Å²) >= 11 is 0. The van der Waals surface area contributed by atoms with E-state index in [0.29, 0.717) is 17.9 Å². The Bertz CT molecular complexity index is 1850. The van der Waals surface area contributed by atoms with Gasteiger partial charge >= 0.3 is 0 Å². The molecule has 10 nitrogen and oxygen atoms in total. The Hall–Kier alpha value is -4.93. The Labute approximate surface area is 273 Å². The fourth-order valence-corrected chi connectivity index (χ4v) is 7.85. The predicted molar refractivity (Wildman–Crippen MR) is 176 cm³/mol. The SMILES string of the molecule is COc1ccc(CN(C)Cc2ccccc2)cc1-c1ccc(O)c2c1CC1CC3C(C(=O)C(C(N)=O)=C(O)C3N(C)C)C(O)=C1C2=O. The first-order valence-corrected chi connectivity index (χ1v) is 15.6. The van der Waals surface area contributed by atoms with Gasteiger partial charge in [0, 0.05) is 24.2 Å². The summed E-state index contributed by atoms with van der Waals surface area (Å²) in [6.07, 6.45) is 0.562. The molecule has 0 fully saturated rings. The zero-order valence-corrected chi connectivity index (χ0v) is 26.9. The summed E-state index contributed by atoms with van der Waals surface area (Å²) in [6.45, 7) is 1.41. The van der Waals surface area contributed by atoms with E-state index in [0.717, 1.165) is 23.2 Å². The number of primary amides is 1. The number of allylic oxidation sites excluding steroid dienone is 2. The molecule has 5 N–H and O–H groups in total. The number of methoxy groups -OCH3 is 1. The number of Topliss-reactive ketones (excluding diaryl/α,β-unsaturated/α-hetero) is 2. The van der Waals surface area contributed by atoms with Crippen molar-refractivity contribution in [3.63, 3.8) is 0 Å². The average Bonchev–Trinajstić information content (AvgIpc) is 3.01. The molecule has 3 aliphatic carbocycles. The van der Waals surface area contributed by atoms with Gasteiger partial charge in [0.05, 0.1) is 24.6 Å². The van der Waals surface area contributed by atoms with Crippen LogP contribution in [0.3, 0.4) is 0 Å². The van der Waals surface area contributed by atoms with Gasteiger partial charge in [-0.05, 0) is 86.3 Å². The molecule has 10 heteroatoms. The van der Waals surface area contributed by atoms with Crippen molar-refractivity contribution in [1.82, 2.24) is 9.80 Å². The number of hydrogen-bond acceptors (Lipinski definition) is 9. The summed E-state index contributed by atoms with van der Waals surface area (Å²) in [7, 11) is 7.04. The van der Waals surface area contributed by atoms with Crippen molar-refractivity contribution < 1.29 is 34.4 Å². The van der Waals surface area contributed by atoms with E-state index >= 15 is 0 Å². The third-order valence-electron chi connectivity index (χ3n) is 9.75. The number of nitrogens with zero attached hydrogens (tertiary/aromatic N) is 2. The normalized spacial score (nSPS) is 22.3. The van der Waals surface area contributed by atoms with Crippen LogP contribution in [0.4, 0.5) is 0 Å². The molecule has 4 atom stereocenters. The summed E-state index contributed by atoms with van der Waals surface area (Å²) in [5.41, 5.74) is 9.35. The molecule has 0 bridgehead atoms. The number of nitrogens with two attached hydrogens (primary N) is 1. The second-order valence-electron chi connectivity index (χ2n) is 13.0. The van der Waals surface area contributed by atoms with E-state index in [-0.39, 0.29) is 29.7 Å². The summed E-state index contributed by atoms with van der Waals surface area (Å²) in [5, 5.41) is 33.6. The maximum absolute atomic E-state index is 14.2. The van der Waals surface area contributed by atoms with E-state index in [4.69, 9.17) is 10.5 Å². The van der Waals surface area contributed by atoms with E-state index in [1.54, 1.807) is 32.2 Å². The van der Waals surface area contributed by atoms with Crippen molar-refractivity contribution in [3.05, 3.63) is 106 Å². The minimum Gasteiger partial charge on any atom is -0.511 e. The monoisotopic (exact) mass is 637 g/mol. The van der Waals surface area contributed by atoms with Gasteiger partial charge in [-0.1, -0.05) is 42.5 Å². The first-order chi connectivity index (χ1) is 22.4. The van der Waals surface area contributed by atoms with Gasteiger partial charge in [-0.3, -0.25) is 24.2 Å². The lowest BCUT2D eigenvalue weighted by molar-refractivity contribution is -0.127. The maximum Gasteiger partial charge on any atom is 0.255 e. The summed E-state index contributed by atoms with van der Waals surface area (Å²) in [5.74, 6) is -5.33. The van der Waals surface area contributed by atoms with Crippen LogP contribution in [0.2, 0.25) is 0 Å². The third kappa shape index (κ3) is 5.47. The van der Waals surface area contributed by atoms with Crippen LogP contribution in [-0.2, 0) is 29.1 Å². The Morgan fingerprint density at radius 2 is 1.62 bits per heavy atom. The molecule has 6 rings (SSSR count). The number of carbonyl (C=O) groups is 3. The highest BCUT2D eigenvalue weighted by molar-refractivity contribution is 6.22. The second-order valence-corrected chi connectivity index (χ2v) is 13.0. The Balaban J connectivity index is 1.42. The Kier molecular flexibility index (Phi) is 8.42. The minimum atomic E-state index is -1.23. The lowest BCUT2D eigenvalue weighted by Gasteiger charge is -2.46. The number of ketones is 2. The lowest BCUT2D eigenvalue weighted by atomic mass is 9.60. The highest BCUT2D eigenvalue weighted by Gasteiger charge is 2.54. The van der Waals surface area contributed by atoms with Crippen molar-refractivity contribution in [2.24, 2.45) is 23.5 Å². The molecule has 244 valence electrons. The first kappa shape index (κ1) is 32.0. The maximum atomic E-state index is 14.2. The number of hydrogen-bond donors (Lipinski definition) is 4. The van der Waals surface area contributed by atoms with E-state index in [2.05, 4.69) is 17.0 Å². The van der Waals surface area contributed by atoms with E-state index in [1.165, 1.54) is 11.6 Å².